The second-order valence-corrected chi connectivity index (χ2v) is 3.72. The number of aromatic nitrogens is 2. The zero-order valence-electron chi connectivity index (χ0n) is 7.54. The second kappa shape index (κ2) is 2.48. The van der Waals surface area contributed by atoms with E-state index in [2.05, 4.69) is 22.2 Å². The molecular weight excluding hydrogens is 166 g/mol. The molecule has 0 saturated heterocycles. The van der Waals surface area contributed by atoms with Gasteiger partial charge in [0.2, 0.25) is 5.95 Å². The summed E-state index contributed by atoms with van der Waals surface area (Å²) in [6.45, 7) is 2.14. The Kier molecular flexibility index (Phi) is 1.55. The molecule has 0 unspecified atom stereocenters. The number of nitrogens with one attached hydrogen (secondary N) is 1. The van der Waals surface area contributed by atoms with E-state index in [-0.39, 0.29) is 11.5 Å². The summed E-state index contributed by atoms with van der Waals surface area (Å²) < 4.78 is 0. The van der Waals surface area contributed by atoms with Crippen LogP contribution in [0.1, 0.15) is 19.8 Å². The lowest BCUT2D eigenvalue weighted by atomic mass is 10.3. The molecule has 1 saturated carbocycles. The summed E-state index contributed by atoms with van der Waals surface area (Å²) in [7, 11) is 0. The summed E-state index contributed by atoms with van der Waals surface area (Å²) in [4.78, 5) is 7.82. The molecule has 5 heteroatoms. The molecule has 0 bridgehead atoms. The van der Waals surface area contributed by atoms with E-state index < -0.39 is 0 Å². The van der Waals surface area contributed by atoms with E-state index in [1.807, 2.05) is 0 Å². The lowest BCUT2D eigenvalue weighted by molar-refractivity contribution is 0.820. The maximum Gasteiger partial charge on any atom is 0.223 e. The minimum Gasteiger partial charge on any atom is -0.383 e. The SMILES string of the molecule is CC1(Nc2cc(N)nc(N)n2)CC1. The van der Waals surface area contributed by atoms with Crippen molar-refractivity contribution in [3.8, 4) is 0 Å². The van der Waals surface area contributed by atoms with Crippen LogP contribution in [0, 0.1) is 0 Å². The molecule has 1 aliphatic carbocycles. The Labute approximate surface area is 76.6 Å². The normalized spacial score (nSPS) is 18.2. The molecule has 2 rings (SSSR count). The minimum absolute atomic E-state index is 0.188. The molecule has 1 aromatic rings. The Morgan fingerprint density at radius 3 is 2.62 bits per heavy atom. The quantitative estimate of drug-likeness (QED) is 0.618. The lowest BCUT2D eigenvalue weighted by Gasteiger charge is -2.12. The van der Waals surface area contributed by atoms with Crippen molar-refractivity contribution in [1.82, 2.24) is 9.97 Å². The van der Waals surface area contributed by atoms with Gasteiger partial charge in [-0.15, -0.1) is 0 Å². The fraction of sp³-hybridized carbons (Fsp3) is 0.500. The van der Waals surface area contributed by atoms with E-state index in [4.69, 9.17) is 11.5 Å². The van der Waals surface area contributed by atoms with Gasteiger partial charge in [0.15, 0.2) is 0 Å². The van der Waals surface area contributed by atoms with Crippen molar-refractivity contribution in [2.75, 3.05) is 16.8 Å². The van der Waals surface area contributed by atoms with Gasteiger partial charge in [0, 0.05) is 11.6 Å². The topological polar surface area (TPSA) is 89.8 Å². The second-order valence-electron chi connectivity index (χ2n) is 3.72. The molecule has 1 heterocycles. The van der Waals surface area contributed by atoms with Crippen molar-refractivity contribution in [2.45, 2.75) is 25.3 Å². The summed E-state index contributed by atoms with van der Waals surface area (Å²) in [6, 6.07) is 1.69. The number of hydrogen-bond donors (Lipinski definition) is 3. The minimum atomic E-state index is 0.188. The van der Waals surface area contributed by atoms with Crippen molar-refractivity contribution in [2.24, 2.45) is 0 Å². The first-order chi connectivity index (χ1) is 6.07. The van der Waals surface area contributed by atoms with Crippen molar-refractivity contribution in [1.29, 1.82) is 0 Å². The summed E-state index contributed by atoms with van der Waals surface area (Å²) in [5, 5.41) is 3.26. The molecule has 5 nitrogen and oxygen atoms in total. The average Bonchev–Trinajstić information content (AvgIpc) is 2.64. The Bertz CT molecular complexity index is 311. The average molecular weight is 179 g/mol. The van der Waals surface area contributed by atoms with Crippen molar-refractivity contribution in [3.05, 3.63) is 6.07 Å². The summed E-state index contributed by atoms with van der Waals surface area (Å²) in [5.41, 5.74) is 11.2. The van der Waals surface area contributed by atoms with Gasteiger partial charge in [-0.05, 0) is 19.8 Å². The monoisotopic (exact) mass is 179 g/mol. The molecular formula is C8H13N5. The van der Waals surface area contributed by atoms with Crippen LogP contribution in [-0.2, 0) is 0 Å². The van der Waals surface area contributed by atoms with Gasteiger partial charge in [0.25, 0.3) is 0 Å². The van der Waals surface area contributed by atoms with Crippen LogP contribution in [0.5, 0.6) is 0 Å². The van der Waals surface area contributed by atoms with Crippen LogP contribution in [-0.4, -0.2) is 15.5 Å². The molecule has 1 fully saturated rings. The van der Waals surface area contributed by atoms with E-state index >= 15 is 0 Å². The van der Waals surface area contributed by atoms with Crippen LogP contribution in [0.4, 0.5) is 17.6 Å². The third-order valence-corrected chi connectivity index (χ3v) is 2.19. The third-order valence-electron chi connectivity index (χ3n) is 2.19. The van der Waals surface area contributed by atoms with Crippen LogP contribution < -0.4 is 16.8 Å². The van der Waals surface area contributed by atoms with Crippen LogP contribution in [0.15, 0.2) is 6.07 Å². The highest BCUT2D eigenvalue weighted by atomic mass is 15.1. The molecule has 1 aliphatic rings. The van der Waals surface area contributed by atoms with Crippen molar-refractivity contribution >= 4 is 17.6 Å². The first kappa shape index (κ1) is 8.10. The van der Waals surface area contributed by atoms with E-state index in [1.165, 1.54) is 0 Å². The van der Waals surface area contributed by atoms with Gasteiger partial charge in [-0.25, -0.2) is 0 Å². The molecule has 1 aromatic heterocycles. The zero-order chi connectivity index (χ0) is 9.47. The molecule has 70 valence electrons. The molecule has 5 N–H and O–H groups in total. The van der Waals surface area contributed by atoms with Crippen LogP contribution in [0.3, 0.4) is 0 Å². The third kappa shape index (κ3) is 1.80. The van der Waals surface area contributed by atoms with Crippen molar-refractivity contribution < 1.29 is 0 Å². The molecule has 0 amide bonds. The smallest absolute Gasteiger partial charge is 0.223 e. The van der Waals surface area contributed by atoms with E-state index in [9.17, 15) is 0 Å². The van der Waals surface area contributed by atoms with Gasteiger partial charge in [-0.2, -0.15) is 9.97 Å². The zero-order valence-corrected chi connectivity index (χ0v) is 7.54. The maximum atomic E-state index is 5.53. The highest BCUT2D eigenvalue weighted by Crippen LogP contribution is 2.37. The van der Waals surface area contributed by atoms with Gasteiger partial charge in [0.05, 0.1) is 0 Å². The van der Waals surface area contributed by atoms with Gasteiger partial charge in [-0.3, -0.25) is 0 Å². The predicted molar refractivity (Wildman–Crippen MR) is 52.1 cm³/mol. The number of nitrogens with zero attached hydrogens (tertiary/aromatic N) is 2. The maximum absolute atomic E-state index is 5.53. The molecule has 0 atom stereocenters. The summed E-state index contributed by atoms with van der Waals surface area (Å²) in [6.07, 6.45) is 2.33. The van der Waals surface area contributed by atoms with E-state index in [0.29, 0.717) is 11.6 Å². The first-order valence-corrected chi connectivity index (χ1v) is 4.26. The highest BCUT2D eigenvalue weighted by Gasteiger charge is 2.37. The Morgan fingerprint density at radius 1 is 1.38 bits per heavy atom. The number of nitrogens with two attached hydrogens (primary N) is 2. The molecule has 13 heavy (non-hydrogen) atoms. The molecule has 0 radical (unpaired) electrons. The largest absolute Gasteiger partial charge is 0.383 e. The number of hydrogen-bond acceptors (Lipinski definition) is 5. The number of rotatable bonds is 2. The fourth-order valence-electron chi connectivity index (χ4n) is 1.17. The number of nitrogen functional groups attached to an aromatic ring is 2. The lowest BCUT2D eigenvalue weighted by Crippen LogP contribution is -2.17. The summed E-state index contributed by atoms with van der Waals surface area (Å²) in [5.74, 6) is 1.33. The van der Waals surface area contributed by atoms with Gasteiger partial charge in [-0.1, -0.05) is 0 Å². The Morgan fingerprint density at radius 2 is 2.08 bits per heavy atom. The molecule has 0 spiro atoms. The number of anilines is 3. The van der Waals surface area contributed by atoms with Gasteiger partial charge in [0.1, 0.15) is 11.6 Å². The van der Waals surface area contributed by atoms with Gasteiger partial charge >= 0.3 is 0 Å². The highest BCUT2D eigenvalue weighted by molar-refractivity contribution is 5.50. The van der Waals surface area contributed by atoms with Crippen molar-refractivity contribution in [3.63, 3.8) is 0 Å². The van der Waals surface area contributed by atoms with E-state index in [1.54, 1.807) is 6.07 Å². The summed E-state index contributed by atoms with van der Waals surface area (Å²) >= 11 is 0. The first-order valence-electron chi connectivity index (χ1n) is 4.26. The Hall–Kier alpha value is -1.52. The molecule has 0 aromatic carbocycles. The Balaban J connectivity index is 2.20. The predicted octanol–water partition coefficient (Wildman–Crippen LogP) is 0.605. The van der Waals surface area contributed by atoms with E-state index in [0.717, 1.165) is 12.8 Å². The van der Waals surface area contributed by atoms with Gasteiger partial charge < -0.3 is 16.8 Å². The molecule has 0 aliphatic heterocycles. The van der Waals surface area contributed by atoms with Crippen LogP contribution in [0.2, 0.25) is 0 Å². The van der Waals surface area contributed by atoms with Crippen LogP contribution >= 0.6 is 0 Å². The standard InChI is InChI=1S/C8H13N5/c1-8(2-3-8)13-6-4-5(9)11-7(10)12-6/h4H,2-3H2,1H3,(H5,9,10,11,12,13). The fourth-order valence-corrected chi connectivity index (χ4v) is 1.17. The van der Waals surface area contributed by atoms with Crippen LogP contribution in [0.25, 0.3) is 0 Å².